The van der Waals surface area contributed by atoms with Gasteiger partial charge in [-0.25, -0.2) is 14.4 Å². The zero-order valence-electron chi connectivity index (χ0n) is 13.4. The Morgan fingerprint density at radius 1 is 1.20 bits per heavy atom. The first-order valence-electron chi connectivity index (χ1n) is 7.80. The molecule has 3 heterocycles. The van der Waals surface area contributed by atoms with Crippen LogP contribution in [0.25, 0.3) is 21.5 Å². The number of benzene rings is 1. The number of hydrogen-bond donors (Lipinski definition) is 0. The van der Waals surface area contributed by atoms with Gasteiger partial charge in [-0.05, 0) is 41.6 Å². The molecule has 0 spiro atoms. The van der Waals surface area contributed by atoms with E-state index in [9.17, 15) is 4.39 Å². The molecular weight excluding hydrogens is 341 g/mol. The van der Waals surface area contributed by atoms with Crippen molar-refractivity contribution in [1.82, 2.24) is 15.1 Å². The SMILES string of the molecule is CCc1csc2ncnc(OCc3cc(-c4ccc(F)cc4)no3)c12. The largest absolute Gasteiger partial charge is 0.469 e. The molecule has 0 amide bonds. The summed E-state index contributed by atoms with van der Waals surface area (Å²) in [6.07, 6.45) is 2.39. The van der Waals surface area contributed by atoms with Crippen molar-refractivity contribution in [3.63, 3.8) is 0 Å². The van der Waals surface area contributed by atoms with Crippen LogP contribution in [0.2, 0.25) is 0 Å². The maximum atomic E-state index is 13.0. The van der Waals surface area contributed by atoms with Crippen molar-refractivity contribution in [3.05, 3.63) is 59.2 Å². The second-order valence-electron chi connectivity index (χ2n) is 5.45. The Kier molecular flexibility index (Phi) is 4.15. The normalized spacial score (nSPS) is 11.1. The summed E-state index contributed by atoms with van der Waals surface area (Å²) in [5.41, 5.74) is 2.59. The van der Waals surface area contributed by atoms with E-state index in [1.807, 2.05) is 0 Å². The van der Waals surface area contributed by atoms with Crippen LogP contribution in [0.5, 0.6) is 5.88 Å². The van der Waals surface area contributed by atoms with Gasteiger partial charge in [0.1, 0.15) is 22.7 Å². The van der Waals surface area contributed by atoms with Crippen LogP contribution < -0.4 is 4.74 Å². The van der Waals surface area contributed by atoms with Crippen molar-refractivity contribution in [2.75, 3.05) is 0 Å². The number of rotatable bonds is 5. The van der Waals surface area contributed by atoms with Gasteiger partial charge in [-0.15, -0.1) is 11.3 Å². The Balaban J connectivity index is 1.54. The summed E-state index contributed by atoms with van der Waals surface area (Å²) >= 11 is 1.58. The molecule has 0 atom stereocenters. The molecule has 5 nitrogen and oxygen atoms in total. The van der Waals surface area contributed by atoms with Gasteiger partial charge in [0.2, 0.25) is 5.88 Å². The number of aromatic nitrogens is 3. The van der Waals surface area contributed by atoms with Crippen molar-refractivity contribution in [1.29, 1.82) is 0 Å². The summed E-state index contributed by atoms with van der Waals surface area (Å²) < 4.78 is 24.2. The van der Waals surface area contributed by atoms with Crippen molar-refractivity contribution >= 4 is 21.6 Å². The predicted octanol–water partition coefficient (Wildman–Crippen LogP) is 4.63. The van der Waals surface area contributed by atoms with Crippen LogP contribution in [0.1, 0.15) is 18.2 Å². The molecule has 7 heteroatoms. The molecule has 3 aromatic heterocycles. The quantitative estimate of drug-likeness (QED) is 0.522. The van der Waals surface area contributed by atoms with Gasteiger partial charge in [0.15, 0.2) is 12.4 Å². The van der Waals surface area contributed by atoms with E-state index in [1.54, 1.807) is 29.5 Å². The predicted molar refractivity (Wildman–Crippen MR) is 93.0 cm³/mol. The highest BCUT2D eigenvalue weighted by molar-refractivity contribution is 7.17. The van der Waals surface area contributed by atoms with E-state index in [4.69, 9.17) is 9.26 Å². The van der Waals surface area contributed by atoms with Gasteiger partial charge in [0.25, 0.3) is 0 Å². The third-order valence-corrected chi connectivity index (χ3v) is 4.78. The number of nitrogens with zero attached hydrogens (tertiary/aromatic N) is 3. The molecule has 0 saturated heterocycles. The molecule has 0 radical (unpaired) electrons. The first kappa shape index (κ1) is 15.7. The zero-order chi connectivity index (χ0) is 17.2. The number of aryl methyl sites for hydroxylation is 1. The minimum absolute atomic E-state index is 0.208. The van der Waals surface area contributed by atoms with Crippen LogP contribution in [-0.4, -0.2) is 15.1 Å². The molecule has 126 valence electrons. The van der Waals surface area contributed by atoms with Crippen molar-refractivity contribution in [3.8, 4) is 17.1 Å². The van der Waals surface area contributed by atoms with E-state index in [0.29, 0.717) is 17.3 Å². The third kappa shape index (κ3) is 3.10. The fraction of sp³-hybridized carbons (Fsp3) is 0.167. The molecule has 0 aliphatic heterocycles. The number of ether oxygens (including phenoxy) is 1. The Morgan fingerprint density at radius 3 is 2.84 bits per heavy atom. The van der Waals surface area contributed by atoms with E-state index < -0.39 is 0 Å². The second-order valence-corrected chi connectivity index (χ2v) is 6.31. The first-order valence-corrected chi connectivity index (χ1v) is 8.68. The second kappa shape index (κ2) is 6.60. The summed E-state index contributed by atoms with van der Waals surface area (Å²) in [5.74, 6) is 0.827. The minimum Gasteiger partial charge on any atom is -0.469 e. The van der Waals surface area contributed by atoms with Crippen LogP contribution in [0.3, 0.4) is 0 Å². The van der Waals surface area contributed by atoms with Gasteiger partial charge in [-0.1, -0.05) is 12.1 Å². The van der Waals surface area contributed by atoms with E-state index in [2.05, 4.69) is 27.4 Å². The number of fused-ring (bicyclic) bond motifs is 1. The van der Waals surface area contributed by atoms with E-state index in [0.717, 1.165) is 22.2 Å². The third-order valence-electron chi connectivity index (χ3n) is 3.84. The highest BCUT2D eigenvalue weighted by Gasteiger charge is 2.13. The molecule has 25 heavy (non-hydrogen) atoms. The summed E-state index contributed by atoms with van der Waals surface area (Å²) in [7, 11) is 0. The number of halogens is 1. The van der Waals surface area contributed by atoms with Gasteiger partial charge < -0.3 is 9.26 Å². The monoisotopic (exact) mass is 355 g/mol. The average Bonchev–Trinajstić information content (AvgIpc) is 3.27. The molecule has 0 aliphatic rings. The molecule has 4 rings (SSSR count). The van der Waals surface area contributed by atoms with E-state index >= 15 is 0 Å². The van der Waals surface area contributed by atoms with E-state index in [-0.39, 0.29) is 12.4 Å². The van der Waals surface area contributed by atoms with Gasteiger partial charge in [0, 0.05) is 11.6 Å². The summed E-state index contributed by atoms with van der Waals surface area (Å²) in [5, 5.41) is 7.04. The molecule has 0 saturated carbocycles. The Morgan fingerprint density at radius 2 is 2.04 bits per heavy atom. The molecule has 0 fully saturated rings. The summed E-state index contributed by atoms with van der Waals surface area (Å²) in [4.78, 5) is 9.43. The zero-order valence-corrected chi connectivity index (χ0v) is 14.2. The fourth-order valence-electron chi connectivity index (χ4n) is 2.55. The van der Waals surface area contributed by atoms with Crippen LogP contribution in [-0.2, 0) is 13.0 Å². The van der Waals surface area contributed by atoms with Gasteiger partial charge in [0.05, 0.1) is 5.39 Å². The highest BCUT2D eigenvalue weighted by atomic mass is 32.1. The number of hydrogen-bond acceptors (Lipinski definition) is 6. The standard InChI is InChI=1S/C18H14FN3O2S/c1-2-11-9-25-18-16(11)17(20-10-21-18)23-8-14-7-15(22-24-14)12-3-5-13(19)6-4-12/h3-7,9-10H,2,8H2,1H3. The maximum absolute atomic E-state index is 13.0. The van der Waals surface area contributed by atoms with Crippen LogP contribution in [0.4, 0.5) is 4.39 Å². The molecule has 1 aromatic carbocycles. The molecular formula is C18H14FN3O2S. The molecule has 0 unspecified atom stereocenters. The van der Waals surface area contributed by atoms with Crippen molar-refractivity contribution in [2.45, 2.75) is 20.0 Å². The Labute approximate surface area is 147 Å². The molecule has 0 N–H and O–H groups in total. The summed E-state index contributed by atoms with van der Waals surface area (Å²) in [6.45, 7) is 2.29. The smallest absolute Gasteiger partial charge is 0.226 e. The Hall–Kier alpha value is -2.80. The average molecular weight is 355 g/mol. The fourth-order valence-corrected chi connectivity index (χ4v) is 3.53. The first-order chi connectivity index (χ1) is 12.2. The Bertz CT molecular complexity index is 1010. The lowest BCUT2D eigenvalue weighted by Gasteiger charge is -2.04. The minimum atomic E-state index is -0.286. The van der Waals surface area contributed by atoms with Crippen molar-refractivity contribution in [2.24, 2.45) is 0 Å². The maximum Gasteiger partial charge on any atom is 0.226 e. The van der Waals surface area contributed by atoms with Gasteiger partial charge >= 0.3 is 0 Å². The summed E-state index contributed by atoms with van der Waals surface area (Å²) in [6, 6.07) is 7.87. The number of thiophene rings is 1. The lowest BCUT2D eigenvalue weighted by atomic mass is 10.1. The molecule has 0 aliphatic carbocycles. The highest BCUT2D eigenvalue weighted by Crippen LogP contribution is 2.31. The van der Waals surface area contributed by atoms with E-state index in [1.165, 1.54) is 24.0 Å². The lowest BCUT2D eigenvalue weighted by Crippen LogP contribution is -1.97. The molecule has 0 bridgehead atoms. The lowest BCUT2D eigenvalue weighted by molar-refractivity contribution is 0.244. The van der Waals surface area contributed by atoms with Gasteiger partial charge in [-0.3, -0.25) is 0 Å². The van der Waals surface area contributed by atoms with Crippen molar-refractivity contribution < 1.29 is 13.7 Å². The topological polar surface area (TPSA) is 61.0 Å². The van der Waals surface area contributed by atoms with Crippen LogP contribution >= 0.6 is 11.3 Å². The van der Waals surface area contributed by atoms with Crippen LogP contribution in [0.15, 0.2) is 46.6 Å². The van der Waals surface area contributed by atoms with Crippen LogP contribution in [0, 0.1) is 5.82 Å². The van der Waals surface area contributed by atoms with Gasteiger partial charge in [-0.2, -0.15) is 0 Å². The molecule has 4 aromatic rings.